The molecular formula is C27H25Cl2OPPd. The molecule has 0 bridgehead atoms. The van der Waals surface area contributed by atoms with Gasteiger partial charge in [-0.1, -0.05) is 119 Å². The Morgan fingerprint density at radius 2 is 0.938 bits per heavy atom. The second-order valence-corrected chi connectivity index (χ2v) is 11.4. The second kappa shape index (κ2) is 12.6. The molecule has 1 heterocycles. The molecule has 4 aromatic rings. The van der Waals surface area contributed by atoms with Crippen molar-refractivity contribution in [3.63, 3.8) is 0 Å². The van der Waals surface area contributed by atoms with E-state index in [0.29, 0.717) is 0 Å². The number of para-hydroxylation sites is 2. The molecule has 0 saturated carbocycles. The third kappa shape index (κ3) is 6.68. The van der Waals surface area contributed by atoms with Crippen LogP contribution in [-0.4, -0.2) is 0 Å². The van der Waals surface area contributed by atoms with Gasteiger partial charge in [-0.3, -0.25) is 0 Å². The van der Waals surface area contributed by atoms with Gasteiger partial charge in [0.2, 0.25) is 0 Å². The molecule has 1 nitrogen and oxygen atoms in total. The van der Waals surface area contributed by atoms with Crippen molar-refractivity contribution < 1.29 is 20.7 Å². The van der Waals surface area contributed by atoms with Crippen LogP contribution in [0, 0.1) is 0 Å². The molecule has 1 aliphatic rings. The first-order chi connectivity index (χ1) is 15.6. The summed E-state index contributed by atoms with van der Waals surface area (Å²) in [4.78, 5) is 0. The minimum absolute atomic E-state index is 0.0193. The van der Waals surface area contributed by atoms with Crippen LogP contribution in [0.25, 0.3) is 0 Å². The number of benzene rings is 4. The maximum absolute atomic E-state index is 5.91. The minimum atomic E-state index is -0.106. The normalized spacial score (nSPS) is 12.6. The zero-order valence-corrected chi connectivity index (χ0v) is 21.9. The molecule has 4 aromatic carbocycles. The van der Waals surface area contributed by atoms with Crippen LogP contribution in [0.2, 0.25) is 0 Å². The standard InChI is InChI=1S/C15H14O.C12H11P.2ClH.Pd/c1-15(2)11-7-3-5-9-13(11)16-14-10-6-4-8-12(14)15;1-3-7-11(8-4-1)13-12-9-5-2-6-10-12;;;/h3-10H,1-2H3;1-10,13H;2*1H;/q;;;;+2/p-2. The van der Waals surface area contributed by atoms with Crippen molar-refractivity contribution in [2.75, 3.05) is 0 Å². The van der Waals surface area contributed by atoms with Crippen LogP contribution >= 0.6 is 27.6 Å². The Balaban J connectivity index is 0.000000164. The summed E-state index contributed by atoms with van der Waals surface area (Å²) < 4.78 is 5.91. The number of halogens is 2. The van der Waals surface area contributed by atoms with Crippen LogP contribution in [0.1, 0.15) is 25.0 Å². The van der Waals surface area contributed by atoms with E-state index in [9.17, 15) is 0 Å². The molecule has 0 N–H and O–H groups in total. The van der Waals surface area contributed by atoms with E-state index in [-0.39, 0.29) is 21.4 Å². The topological polar surface area (TPSA) is 9.23 Å². The summed E-state index contributed by atoms with van der Waals surface area (Å²) in [6.07, 6.45) is 0. The third-order valence-electron chi connectivity index (χ3n) is 5.18. The molecule has 0 radical (unpaired) electrons. The smallest absolute Gasteiger partial charge is 0.0226 e. The average Bonchev–Trinajstić information content (AvgIpc) is 2.82. The van der Waals surface area contributed by atoms with Crippen molar-refractivity contribution >= 4 is 38.2 Å². The van der Waals surface area contributed by atoms with E-state index in [1.165, 1.54) is 21.7 Å². The summed E-state index contributed by atoms with van der Waals surface area (Å²) in [6, 6.07) is 37.7. The summed E-state index contributed by atoms with van der Waals surface area (Å²) in [5, 5.41) is 2.79. The van der Waals surface area contributed by atoms with Gasteiger partial charge < -0.3 is 4.74 Å². The van der Waals surface area contributed by atoms with Crippen molar-refractivity contribution in [3.05, 3.63) is 120 Å². The largest absolute Gasteiger partial charge is 0.0622 e. The first-order valence-corrected chi connectivity index (χ1v) is 15.1. The summed E-state index contributed by atoms with van der Waals surface area (Å²) in [6.45, 7) is 4.49. The van der Waals surface area contributed by atoms with Gasteiger partial charge in [0, 0.05) is 16.5 Å². The summed E-state index contributed by atoms with van der Waals surface area (Å²) in [7, 11) is 10.4. The Hall–Kier alpha value is -1.65. The van der Waals surface area contributed by atoms with Gasteiger partial charge in [0.1, 0.15) is 11.5 Å². The second-order valence-electron chi connectivity index (χ2n) is 7.62. The maximum atomic E-state index is 5.91. The average molecular weight is 574 g/mol. The van der Waals surface area contributed by atoms with Crippen molar-refractivity contribution in [3.8, 4) is 11.5 Å². The maximum Gasteiger partial charge on any atom is -0.0226 e. The van der Waals surface area contributed by atoms with Gasteiger partial charge in [-0.05, 0) is 22.7 Å². The van der Waals surface area contributed by atoms with E-state index in [0.717, 1.165) is 20.1 Å². The number of rotatable bonds is 2. The minimum Gasteiger partial charge on any atom is -0.0622 e. The number of fused-ring (bicyclic) bond motifs is 2. The Bertz CT molecular complexity index is 1020. The van der Waals surface area contributed by atoms with E-state index >= 15 is 0 Å². The van der Waals surface area contributed by atoms with Crippen molar-refractivity contribution in [2.45, 2.75) is 19.3 Å². The predicted molar refractivity (Wildman–Crippen MR) is 137 cm³/mol. The number of hydrogen-bond donors (Lipinski definition) is 0. The van der Waals surface area contributed by atoms with E-state index in [4.69, 9.17) is 23.8 Å². The molecule has 5 rings (SSSR count). The van der Waals surface area contributed by atoms with Crippen LogP contribution in [0.3, 0.4) is 0 Å². The molecule has 0 unspecified atom stereocenters. The molecule has 0 spiro atoms. The first-order valence-electron chi connectivity index (χ1n) is 10.1. The van der Waals surface area contributed by atoms with Crippen molar-refractivity contribution in [1.29, 1.82) is 0 Å². The van der Waals surface area contributed by atoms with Crippen LogP contribution in [-0.2, 0) is 21.4 Å². The Morgan fingerprint density at radius 1 is 0.594 bits per heavy atom. The molecule has 0 saturated heterocycles. The van der Waals surface area contributed by atoms with Gasteiger partial charge in [-0.2, -0.15) is 0 Å². The molecule has 32 heavy (non-hydrogen) atoms. The quantitative estimate of drug-likeness (QED) is 0.176. The monoisotopic (exact) mass is 572 g/mol. The molecule has 0 fully saturated rings. The first kappa shape index (κ1) is 25.0. The van der Waals surface area contributed by atoms with Crippen molar-refractivity contribution in [1.82, 2.24) is 0 Å². The molecular weight excluding hydrogens is 549 g/mol. The molecule has 0 atom stereocenters. The summed E-state index contributed by atoms with van der Waals surface area (Å²) in [5.74, 6) is 1.96. The number of ether oxygens (including phenoxy) is 1. The van der Waals surface area contributed by atoms with Gasteiger partial charge in [0.25, 0.3) is 0 Å². The summed E-state index contributed by atoms with van der Waals surface area (Å²) >= 11 is -0.106. The fourth-order valence-corrected chi connectivity index (χ4v) is 4.67. The molecule has 0 aromatic heterocycles. The fourth-order valence-electron chi connectivity index (χ4n) is 3.62. The zero-order chi connectivity index (χ0) is 22.8. The van der Waals surface area contributed by atoms with Gasteiger partial charge in [-0.15, -0.1) is 0 Å². The molecule has 1 aliphatic heterocycles. The Kier molecular flexibility index (Phi) is 9.80. The molecule has 168 valence electrons. The van der Waals surface area contributed by atoms with E-state index in [2.05, 4.69) is 98.8 Å². The van der Waals surface area contributed by atoms with Crippen LogP contribution < -0.4 is 15.3 Å². The van der Waals surface area contributed by atoms with Gasteiger partial charge in [0.05, 0.1) is 0 Å². The van der Waals surface area contributed by atoms with E-state index in [1.807, 2.05) is 24.3 Å². The molecule has 0 amide bonds. The van der Waals surface area contributed by atoms with Gasteiger partial charge in [-0.25, -0.2) is 0 Å². The van der Waals surface area contributed by atoms with Gasteiger partial charge >= 0.3 is 35.0 Å². The molecule has 5 heteroatoms. The Labute approximate surface area is 209 Å². The summed E-state index contributed by atoms with van der Waals surface area (Å²) in [5.41, 5.74) is 2.54. The Morgan fingerprint density at radius 3 is 1.34 bits per heavy atom. The van der Waals surface area contributed by atoms with E-state index in [1.54, 1.807) is 0 Å². The predicted octanol–water partition coefficient (Wildman–Crippen LogP) is 7.81. The number of hydrogen-bond acceptors (Lipinski definition) is 1. The van der Waals surface area contributed by atoms with Gasteiger partial charge in [0.15, 0.2) is 0 Å². The van der Waals surface area contributed by atoms with Crippen LogP contribution in [0.5, 0.6) is 11.5 Å². The van der Waals surface area contributed by atoms with Crippen LogP contribution in [0.4, 0.5) is 0 Å². The SMILES string of the molecule is CC1(C)c2ccccc2Oc2ccccc21.[Cl][Pd][Cl].c1ccc(Pc2ccccc2)cc1. The van der Waals surface area contributed by atoms with Crippen molar-refractivity contribution in [2.24, 2.45) is 0 Å². The van der Waals surface area contributed by atoms with Crippen LogP contribution in [0.15, 0.2) is 109 Å². The third-order valence-corrected chi connectivity index (χ3v) is 6.42. The molecule has 0 aliphatic carbocycles. The zero-order valence-electron chi connectivity index (χ0n) is 17.9. The van der Waals surface area contributed by atoms with E-state index < -0.39 is 0 Å². The fraction of sp³-hybridized carbons (Fsp3) is 0.111.